The SMILES string of the molecule is CC(C)CC1=C(C(=O)N2CCNC(=O)C2)SC2=N[C@@H](c3ccc(Cl)cc3)[C@@H](c3ccc(Cl)cc3)N21. The zero-order valence-corrected chi connectivity index (χ0v) is 21.8. The van der Waals surface area contributed by atoms with Crippen LogP contribution in [0.15, 0.2) is 64.1 Å². The molecule has 0 saturated carbocycles. The van der Waals surface area contributed by atoms with Crippen molar-refractivity contribution in [3.05, 3.63) is 80.3 Å². The van der Waals surface area contributed by atoms with E-state index in [1.807, 2.05) is 48.5 Å². The van der Waals surface area contributed by atoms with Gasteiger partial charge in [0, 0.05) is 28.8 Å². The number of carbonyl (C=O) groups excluding carboxylic acids is 2. The molecule has 2 amide bonds. The number of nitrogens with one attached hydrogen (secondary N) is 1. The summed E-state index contributed by atoms with van der Waals surface area (Å²) in [6.07, 6.45) is 0.727. The molecule has 0 spiro atoms. The average molecular weight is 529 g/mol. The topological polar surface area (TPSA) is 65.0 Å². The Labute approximate surface area is 219 Å². The van der Waals surface area contributed by atoms with Crippen LogP contribution >= 0.6 is 35.0 Å². The van der Waals surface area contributed by atoms with Gasteiger partial charge in [-0.05, 0) is 59.5 Å². The van der Waals surface area contributed by atoms with Gasteiger partial charge in [-0.3, -0.25) is 14.6 Å². The van der Waals surface area contributed by atoms with Gasteiger partial charge in [0.25, 0.3) is 5.91 Å². The van der Waals surface area contributed by atoms with Crippen molar-refractivity contribution in [1.82, 2.24) is 15.1 Å². The van der Waals surface area contributed by atoms with E-state index in [-0.39, 0.29) is 30.4 Å². The molecule has 0 radical (unpaired) electrons. The summed E-state index contributed by atoms with van der Waals surface area (Å²) in [4.78, 5) is 35.2. The van der Waals surface area contributed by atoms with Crippen LogP contribution in [0.4, 0.5) is 0 Å². The molecule has 2 atom stereocenters. The molecule has 3 heterocycles. The van der Waals surface area contributed by atoms with Crippen molar-refractivity contribution in [2.24, 2.45) is 10.9 Å². The lowest BCUT2D eigenvalue weighted by atomic mass is 9.92. The summed E-state index contributed by atoms with van der Waals surface area (Å²) in [5.74, 6) is 0.103. The Morgan fingerprint density at radius 1 is 1.09 bits per heavy atom. The van der Waals surface area contributed by atoms with Crippen molar-refractivity contribution in [1.29, 1.82) is 0 Å². The summed E-state index contributed by atoms with van der Waals surface area (Å²) in [5.41, 5.74) is 3.10. The normalized spacial score (nSPS) is 22.0. The van der Waals surface area contributed by atoms with E-state index in [0.717, 1.165) is 28.4 Å². The Hall–Kier alpha value is -2.48. The van der Waals surface area contributed by atoms with Crippen LogP contribution in [-0.4, -0.2) is 46.4 Å². The number of amides is 2. The maximum atomic E-state index is 13.6. The molecule has 0 bridgehead atoms. The van der Waals surface area contributed by atoms with E-state index in [2.05, 4.69) is 24.1 Å². The van der Waals surface area contributed by atoms with Crippen molar-refractivity contribution in [2.75, 3.05) is 19.6 Å². The second kappa shape index (κ2) is 9.88. The Morgan fingerprint density at radius 3 is 2.31 bits per heavy atom. The molecule has 9 heteroatoms. The standard InChI is InChI=1S/C26H26Cl2N4O2S/c1-15(2)13-20-24(25(34)31-12-11-29-21(33)14-31)35-26-30-22(16-3-7-18(27)8-4-16)23(32(20)26)17-5-9-19(28)10-6-17/h3-10,15,22-23H,11-14H2,1-2H3,(H,29,33)/t22-,23+/m0/s1. The summed E-state index contributed by atoms with van der Waals surface area (Å²) in [6, 6.07) is 15.3. The first-order valence-electron chi connectivity index (χ1n) is 11.7. The van der Waals surface area contributed by atoms with Gasteiger partial charge in [-0.15, -0.1) is 0 Å². The fourth-order valence-electron chi connectivity index (χ4n) is 4.74. The molecule has 3 aliphatic rings. The Balaban J connectivity index is 1.58. The summed E-state index contributed by atoms with van der Waals surface area (Å²) in [5, 5.41) is 4.95. The van der Waals surface area contributed by atoms with Crippen molar-refractivity contribution in [3.63, 3.8) is 0 Å². The molecule has 1 saturated heterocycles. The van der Waals surface area contributed by atoms with Gasteiger partial charge in [-0.1, -0.05) is 61.3 Å². The Kier molecular flexibility index (Phi) is 6.84. The number of piperazine rings is 1. The Bertz CT molecular complexity index is 1210. The largest absolute Gasteiger partial charge is 0.353 e. The Morgan fingerprint density at radius 2 is 1.71 bits per heavy atom. The van der Waals surface area contributed by atoms with Gasteiger partial charge in [0.15, 0.2) is 5.17 Å². The lowest BCUT2D eigenvalue weighted by Crippen LogP contribution is -2.50. The highest BCUT2D eigenvalue weighted by atomic mass is 35.5. The summed E-state index contributed by atoms with van der Waals surface area (Å²) < 4.78 is 0. The minimum Gasteiger partial charge on any atom is -0.353 e. The van der Waals surface area contributed by atoms with Crippen LogP contribution < -0.4 is 5.32 Å². The minimum absolute atomic E-state index is 0.0817. The van der Waals surface area contributed by atoms with E-state index < -0.39 is 0 Å². The monoisotopic (exact) mass is 528 g/mol. The fourth-order valence-corrected chi connectivity index (χ4v) is 6.18. The molecule has 5 rings (SSSR count). The number of aliphatic imine (C=N–C) groups is 1. The van der Waals surface area contributed by atoms with Crippen molar-refractivity contribution >= 4 is 51.9 Å². The van der Waals surface area contributed by atoms with Crippen LogP contribution in [0.5, 0.6) is 0 Å². The zero-order chi connectivity index (χ0) is 24.7. The smallest absolute Gasteiger partial charge is 0.263 e. The number of allylic oxidation sites excluding steroid dienone is 1. The molecule has 1 fully saturated rings. The third-order valence-corrected chi connectivity index (χ3v) is 7.93. The summed E-state index contributed by atoms with van der Waals surface area (Å²) in [6.45, 7) is 5.35. The number of fused-ring (bicyclic) bond motifs is 1. The van der Waals surface area contributed by atoms with E-state index in [4.69, 9.17) is 28.2 Å². The summed E-state index contributed by atoms with van der Waals surface area (Å²) >= 11 is 13.8. The first-order chi connectivity index (χ1) is 16.8. The molecule has 6 nitrogen and oxygen atoms in total. The van der Waals surface area contributed by atoms with Gasteiger partial charge in [-0.2, -0.15) is 0 Å². The van der Waals surface area contributed by atoms with E-state index >= 15 is 0 Å². The van der Waals surface area contributed by atoms with Gasteiger partial charge in [0.05, 0.1) is 17.5 Å². The van der Waals surface area contributed by atoms with Gasteiger partial charge in [0.2, 0.25) is 5.91 Å². The third kappa shape index (κ3) is 4.82. The maximum Gasteiger partial charge on any atom is 0.263 e. The second-order valence-corrected chi connectivity index (χ2v) is 11.2. The van der Waals surface area contributed by atoms with Crippen molar-refractivity contribution in [2.45, 2.75) is 32.4 Å². The quantitative estimate of drug-likeness (QED) is 0.563. The van der Waals surface area contributed by atoms with Crippen LogP contribution in [0, 0.1) is 5.92 Å². The minimum atomic E-state index is -0.157. The van der Waals surface area contributed by atoms with Crippen LogP contribution in [-0.2, 0) is 9.59 Å². The van der Waals surface area contributed by atoms with Crippen LogP contribution in [0.2, 0.25) is 10.0 Å². The average Bonchev–Trinajstić information content (AvgIpc) is 3.36. The highest BCUT2D eigenvalue weighted by molar-refractivity contribution is 8.18. The third-order valence-electron chi connectivity index (χ3n) is 6.32. The first-order valence-corrected chi connectivity index (χ1v) is 13.2. The number of hydrogen-bond acceptors (Lipinski definition) is 5. The highest BCUT2D eigenvalue weighted by Crippen LogP contribution is 2.53. The molecule has 2 aromatic rings. The molecular weight excluding hydrogens is 503 g/mol. The molecule has 0 unspecified atom stereocenters. The van der Waals surface area contributed by atoms with E-state index in [1.54, 1.807) is 4.90 Å². The van der Waals surface area contributed by atoms with Crippen molar-refractivity contribution in [3.8, 4) is 0 Å². The molecular formula is C26H26Cl2N4O2S. The molecule has 1 N–H and O–H groups in total. The number of halogens is 2. The van der Waals surface area contributed by atoms with Crippen molar-refractivity contribution < 1.29 is 9.59 Å². The predicted octanol–water partition coefficient (Wildman–Crippen LogP) is 5.41. The number of hydrogen-bond donors (Lipinski definition) is 1. The first kappa shape index (κ1) is 24.2. The maximum absolute atomic E-state index is 13.6. The molecule has 35 heavy (non-hydrogen) atoms. The molecule has 2 aromatic carbocycles. The van der Waals surface area contributed by atoms with Gasteiger partial charge < -0.3 is 15.1 Å². The van der Waals surface area contributed by atoms with Gasteiger partial charge in [-0.25, -0.2) is 0 Å². The van der Waals surface area contributed by atoms with E-state index in [0.29, 0.717) is 34.0 Å². The van der Waals surface area contributed by atoms with E-state index in [9.17, 15) is 9.59 Å². The molecule has 3 aliphatic heterocycles. The van der Waals surface area contributed by atoms with Gasteiger partial charge >= 0.3 is 0 Å². The molecule has 182 valence electrons. The fraction of sp³-hybridized carbons (Fsp3) is 0.346. The van der Waals surface area contributed by atoms with E-state index in [1.165, 1.54) is 11.8 Å². The molecule has 0 aliphatic carbocycles. The number of amidine groups is 1. The van der Waals surface area contributed by atoms with Crippen LogP contribution in [0.25, 0.3) is 0 Å². The predicted molar refractivity (Wildman–Crippen MR) is 141 cm³/mol. The second-order valence-electron chi connectivity index (χ2n) is 9.33. The zero-order valence-electron chi connectivity index (χ0n) is 19.5. The number of thioether (sulfide) groups is 1. The number of nitrogens with zero attached hydrogens (tertiary/aromatic N) is 3. The lowest BCUT2D eigenvalue weighted by molar-refractivity contribution is -0.135. The number of carbonyl (C=O) groups is 2. The summed E-state index contributed by atoms with van der Waals surface area (Å²) in [7, 11) is 0. The van der Waals surface area contributed by atoms with Crippen LogP contribution in [0.1, 0.15) is 43.5 Å². The van der Waals surface area contributed by atoms with Crippen LogP contribution in [0.3, 0.4) is 0 Å². The number of benzene rings is 2. The number of rotatable bonds is 5. The lowest BCUT2D eigenvalue weighted by Gasteiger charge is -2.31. The molecule has 0 aromatic heterocycles. The van der Waals surface area contributed by atoms with Gasteiger partial charge in [0.1, 0.15) is 6.04 Å². The highest BCUT2D eigenvalue weighted by Gasteiger charge is 2.47.